The van der Waals surface area contributed by atoms with Gasteiger partial charge in [0.2, 0.25) is 5.88 Å². The molecule has 0 fully saturated rings. The molecule has 20 heavy (non-hydrogen) atoms. The maximum Gasteiger partial charge on any atom is 0.221 e. The molecule has 0 atom stereocenters. The largest absolute Gasteiger partial charge is 0.478 e. The number of hydrogen-bond acceptors (Lipinski definition) is 4. The zero-order valence-electron chi connectivity index (χ0n) is 12.3. The normalized spacial score (nSPS) is 10.3. The highest BCUT2D eigenvalue weighted by atomic mass is 16.5. The van der Waals surface area contributed by atoms with Crippen molar-refractivity contribution in [2.24, 2.45) is 0 Å². The molecule has 0 aliphatic carbocycles. The second kappa shape index (κ2) is 6.89. The lowest BCUT2D eigenvalue weighted by Gasteiger charge is -2.13. The number of nitrogens with zero attached hydrogens (tertiary/aromatic N) is 2. The predicted molar refractivity (Wildman–Crippen MR) is 81.1 cm³/mol. The minimum Gasteiger partial charge on any atom is -0.478 e. The van der Waals surface area contributed by atoms with Gasteiger partial charge in [-0.1, -0.05) is 31.2 Å². The molecule has 0 unspecified atom stereocenters. The smallest absolute Gasteiger partial charge is 0.221 e. The maximum atomic E-state index is 5.48. The van der Waals surface area contributed by atoms with Crippen molar-refractivity contribution < 1.29 is 4.74 Å². The summed E-state index contributed by atoms with van der Waals surface area (Å²) in [6.45, 7) is 7.45. The van der Waals surface area contributed by atoms with Crippen molar-refractivity contribution in [3.8, 4) is 5.88 Å². The fourth-order valence-corrected chi connectivity index (χ4v) is 2.15. The van der Waals surface area contributed by atoms with Crippen molar-refractivity contribution in [2.75, 3.05) is 11.9 Å². The summed E-state index contributed by atoms with van der Waals surface area (Å²) in [6, 6.07) is 8.45. The number of aryl methyl sites for hydroxylation is 1. The second-order valence-electron chi connectivity index (χ2n) is 4.56. The number of aromatic nitrogens is 2. The van der Waals surface area contributed by atoms with Crippen LogP contribution in [0.3, 0.4) is 0 Å². The molecule has 1 aromatic carbocycles. The molecule has 0 radical (unpaired) electrons. The second-order valence-corrected chi connectivity index (χ2v) is 4.56. The third-order valence-corrected chi connectivity index (χ3v) is 3.26. The molecule has 1 heterocycles. The van der Waals surface area contributed by atoms with Crippen molar-refractivity contribution in [1.29, 1.82) is 0 Å². The quantitative estimate of drug-likeness (QED) is 0.875. The van der Waals surface area contributed by atoms with Gasteiger partial charge in [0.15, 0.2) is 0 Å². The zero-order chi connectivity index (χ0) is 14.4. The first-order valence-electron chi connectivity index (χ1n) is 7.01. The van der Waals surface area contributed by atoms with Gasteiger partial charge in [0.1, 0.15) is 12.1 Å². The number of nitrogens with one attached hydrogen (secondary N) is 1. The highest BCUT2D eigenvalue weighted by molar-refractivity contribution is 5.48. The van der Waals surface area contributed by atoms with Crippen LogP contribution in [0.4, 0.5) is 5.82 Å². The van der Waals surface area contributed by atoms with E-state index in [4.69, 9.17) is 4.74 Å². The summed E-state index contributed by atoms with van der Waals surface area (Å²) in [7, 11) is 0. The van der Waals surface area contributed by atoms with Gasteiger partial charge in [0.25, 0.3) is 0 Å². The average molecular weight is 271 g/mol. The van der Waals surface area contributed by atoms with Crippen molar-refractivity contribution in [3.05, 3.63) is 47.3 Å². The summed E-state index contributed by atoms with van der Waals surface area (Å²) in [5, 5.41) is 3.37. The fourth-order valence-electron chi connectivity index (χ4n) is 2.15. The van der Waals surface area contributed by atoms with E-state index in [1.54, 1.807) is 0 Å². The molecular formula is C16H21N3O. The van der Waals surface area contributed by atoms with Crippen molar-refractivity contribution in [3.63, 3.8) is 0 Å². The Hall–Kier alpha value is -2.10. The van der Waals surface area contributed by atoms with Crippen LogP contribution in [0.15, 0.2) is 30.6 Å². The summed E-state index contributed by atoms with van der Waals surface area (Å²) in [5.74, 6) is 1.48. The van der Waals surface area contributed by atoms with Crippen molar-refractivity contribution in [2.45, 2.75) is 33.7 Å². The van der Waals surface area contributed by atoms with Crippen LogP contribution in [-0.4, -0.2) is 16.6 Å². The van der Waals surface area contributed by atoms with Gasteiger partial charge in [-0.25, -0.2) is 9.97 Å². The lowest BCUT2D eigenvalue weighted by Crippen LogP contribution is -2.07. The van der Waals surface area contributed by atoms with Gasteiger partial charge in [0, 0.05) is 6.54 Å². The molecule has 0 aliphatic heterocycles. The van der Waals surface area contributed by atoms with Crippen molar-refractivity contribution >= 4 is 5.82 Å². The highest BCUT2D eigenvalue weighted by Crippen LogP contribution is 2.21. The number of benzene rings is 1. The van der Waals surface area contributed by atoms with Crippen molar-refractivity contribution in [1.82, 2.24) is 9.97 Å². The lowest BCUT2D eigenvalue weighted by atomic mass is 10.1. The van der Waals surface area contributed by atoms with Crippen LogP contribution in [-0.2, 0) is 13.0 Å². The first kappa shape index (κ1) is 14.3. The molecule has 1 N–H and O–H groups in total. The Bertz CT molecular complexity index is 569. The molecule has 0 amide bonds. The third-order valence-electron chi connectivity index (χ3n) is 3.26. The summed E-state index contributed by atoms with van der Waals surface area (Å²) in [5.41, 5.74) is 3.60. The third kappa shape index (κ3) is 3.26. The van der Waals surface area contributed by atoms with Crippen LogP contribution in [0.25, 0.3) is 0 Å². The van der Waals surface area contributed by atoms with Crippen LogP contribution in [0.5, 0.6) is 5.88 Å². The van der Waals surface area contributed by atoms with E-state index in [9.17, 15) is 0 Å². The summed E-state index contributed by atoms with van der Waals surface area (Å²) in [6.07, 6.45) is 2.57. The topological polar surface area (TPSA) is 47.0 Å². The number of hydrogen-bond donors (Lipinski definition) is 1. The highest BCUT2D eigenvalue weighted by Gasteiger charge is 2.08. The molecule has 0 aliphatic rings. The molecule has 4 heteroatoms. The Labute approximate surface area is 120 Å². The summed E-state index contributed by atoms with van der Waals surface area (Å²) in [4.78, 5) is 8.43. The van der Waals surface area contributed by atoms with Gasteiger partial charge in [-0.2, -0.15) is 0 Å². The average Bonchev–Trinajstić information content (AvgIpc) is 2.48. The van der Waals surface area contributed by atoms with Gasteiger partial charge >= 0.3 is 0 Å². The van der Waals surface area contributed by atoms with Crippen LogP contribution in [0, 0.1) is 6.92 Å². The molecule has 0 saturated heterocycles. The molecule has 4 nitrogen and oxygen atoms in total. The molecule has 2 rings (SSSR count). The Balaban J connectivity index is 2.13. The van der Waals surface area contributed by atoms with E-state index in [2.05, 4.69) is 46.5 Å². The number of rotatable bonds is 6. The van der Waals surface area contributed by atoms with E-state index >= 15 is 0 Å². The molecule has 2 aromatic rings. The Morgan fingerprint density at radius 2 is 1.85 bits per heavy atom. The molecule has 0 bridgehead atoms. The Morgan fingerprint density at radius 1 is 1.10 bits per heavy atom. The van der Waals surface area contributed by atoms with Crippen LogP contribution in [0.1, 0.15) is 30.5 Å². The summed E-state index contributed by atoms with van der Waals surface area (Å²) >= 11 is 0. The lowest BCUT2D eigenvalue weighted by molar-refractivity contribution is 0.324. The SMILES string of the molecule is CCOc1ncnc(NCc2ccccc2CC)c1C. The molecule has 106 valence electrons. The van der Waals surface area contributed by atoms with E-state index in [0.717, 1.165) is 24.3 Å². The van der Waals surface area contributed by atoms with Gasteiger partial charge in [-0.05, 0) is 31.4 Å². The summed E-state index contributed by atoms with van der Waals surface area (Å²) < 4.78 is 5.48. The molecule has 1 aromatic heterocycles. The minimum absolute atomic E-state index is 0.607. The minimum atomic E-state index is 0.607. The molecule has 0 spiro atoms. The Kier molecular flexibility index (Phi) is 4.93. The zero-order valence-corrected chi connectivity index (χ0v) is 12.3. The van der Waals surface area contributed by atoms with E-state index in [1.165, 1.54) is 17.5 Å². The standard InChI is InChI=1S/C16H21N3O/c1-4-13-8-6-7-9-14(13)10-17-15-12(3)16(20-5-2)19-11-18-15/h6-9,11H,4-5,10H2,1-3H3,(H,17,18,19). The monoisotopic (exact) mass is 271 g/mol. The fraction of sp³-hybridized carbons (Fsp3) is 0.375. The van der Waals surface area contributed by atoms with E-state index in [0.29, 0.717) is 12.5 Å². The van der Waals surface area contributed by atoms with E-state index in [-0.39, 0.29) is 0 Å². The number of ether oxygens (including phenoxy) is 1. The number of anilines is 1. The van der Waals surface area contributed by atoms with Crippen LogP contribution < -0.4 is 10.1 Å². The van der Waals surface area contributed by atoms with Gasteiger partial charge in [-0.15, -0.1) is 0 Å². The van der Waals surface area contributed by atoms with E-state index in [1.807, 2.05) is 13.8 Å². The van der Waals surface area contributed by atoms with Gasteiger partial charge < -0.3 is 10.1 Å². The van der Waals surface area contributed by atoms with Gasteiger partial charge in [-0.3, -0.25) is 0 Å². The Morgan fingerprint density at radius 3 is 2.55 bits per heavy atom. The molecular weight excluding hydrogens is 250 g/mol. The first-order valence-corrected chi connectivity index (χ1v) is 7.01. The maximum absolute atomic E-state index is 5.48. The van der Waals surface area contributed by atoms with Crippen LogP contribution in [0.2, 0.25) is 0 Å². The van der Waals surface area contributed by atoms with Crippen LogP contribution >= 0.6 is 0 Å². The molecule has 0 saturated carbocycles. The predicted octanol–water partition coefficient (Wildman–Crippen LogP) is 3.36. The van der Waals surface area contributed by atoms with Gasteiger partial charge in [0.05, 0.1) is 12.2 Å². The first-order chi connectivity index (χ1) is 9.76. The van der Waals surface area contributed by atoms with E-state index < -0.39 is 0 Å².